The summed E-state index contributed by atoms with van der Waals surface area (Å²) < 4.78 is 0. The first-order valence-electron chi connectivity index (χ1n) is 6.64. The van der Waals surface area contributed by atoms with Crippen molar-refractivity contribution in [2.45, 2.75) is 31.7 Å². The van der Waals surface area contributed by atoms with Crippen molar-refractivity contribution < 1.29 is 14.7 Å². The zero-order valence-corrected chi connectivity index (χ0v) is 11.4. The molecule has 7 heteroatoms. The van der Waals surface area contributed by atoms with Gasteiger partial charge in [0.15, 0.2) is 0 Å². The van der Waals surface area contributed by atoms with Gasteiger partial charge in [-0.05, 0) is 31.9 Å². The molecule has 7 nitrogen and oxygen atoms in total. The molecular weight excluding hydrogens is 260 g/mol. The molecule has 0 aromatic carbocycles. The van der Waals surface area contributed by atoms with E-state index in [9.17, 15) is 14.7 Å². The summed E-state index contributed by atoms with van der Waals surface area (Å²) in [4.78, 5) is 33.0. The number of carbonyl (C=O) groups is 2. The molecule has 2 heterocycles. The molecule has 2 rings (SSSR count). The number of carbonyl (C=O) groups excluding carboxylic acids is 1. The second-order valence-corrected chi connectivity index (χ2v) is 4.84. The van der Waals surface area contributed by atoms with Crippen LogP contribution >= 0.6 is 0 Å². The van der Waals surface area contributed by atoms with E-state index < -0.39 is 11.5 Å². The van der Waals surface area contributed by atoms with Gasteiger partial charge in [-0.15, -0.1) is 0 Å². The molecule has 0 saturated carbocycles. The van der Waals surface area contributed by atoms with Crippen molar-refractivity contribution in [3.05, 3.63) is 18.5 Å². The highest BCUT2D eigenvalue weighted by atomic mass is 16.4. The number of nitrogens with zero attached hydrogens (tertiary/aromatic N) is 3. The summed E-state index contributed by atoms with van der Waals surface area (Å²) in [5, 5.41) is 12.0. The summed E-state index contributed by atoms with van der Waals surface area (Å²) in [6, 6.07) is 1.66. The van der Waals surface area contributed by atoms with Crippen LogP contribution in [-0.2, 0) is 9.59 Å². The van der Waals surface area contributed by atoms with Crippen LogP contribution in [-0.4, -0.2) is 50.5 Å². The molecule has 1 amide bonds. The smallest absolute Gasteiger partial charge is 0.324 e. The van der Waals surface area contributed by atoms with Gasteiger partial charge in [-0.1, -0.05) is 6.92 Å². The fraction of sp³-hybridized carbons (Fsp3) is 0.538. The van der Waals surface area contributed by atoms with Crippen LogP contribution in [0.5, 0.6) is 0 Å². The van der Waals surface area contributed by atoms with Crippen LogP contribution in [0.25, 0.3) is 0 Å². The van der Waals surface area contributed by atoms with E-state index in [1.165, 1.54) is 12.4 Å². The second kappa shape index (κ2) is 5.96. The van der Waals surface area contributed by atoms with Crippen LogP contribution < -0.4 is 5.32 Å². The summed E-state index contributed by atoms with van der Waals surface area (Å²) in [6.07, 6.45) is 4.92. The molecule has 0 radical (unpaired) electrons. The third-order valence-corrected chi connectivity index (χ3v) is 3.76. The molecule has 1 aliphatic heterocycles. The van der Waals surface area contributed by atoms with Crippen LogP contribution in [0, 0.1) is 0 Å². The van der Waals surface area contributed by atoms with E-state index in [1.807, 2.05) is 6.92 Å². The highest BCUT2D eigenvalue weighted by Crippen LogP contribution is 2.32. The van der Waals surface area contributed by atoms with E-state index in [2.05, 4.69) is 15.3 Å². The summed E-state index contributed by atoms with van der Waals surface area (Å²) >= 11 is 0. The predicted octanol–water partition coefficient (Wildman–Crippen LogP) is 0.744. The molecule has 108 valence electrons. The normalized spacial score (nSPS) is 22.6. The molecule has 1 aromatic rings. The molecule has 1 fully saturated rings. The summed E-state index contributed by atoms with van der Waals surface area (Å²) in [5.41, 5.74) is -0.922. The third-order valence-electron chi connectivity index (χ3n) is 3.76. The van der Waals surface area contributed by atoms with Gasteiger partial charge >= 0.3 is 5.97 Å². The fourth-order valence-electron chi connectivity index (χ4n) is 2.66. The van der Waals surface area contributed by atoms with Gasteiger partial charge in [0.2, 0.25) is 11.9 Å². The number of carboxylic acids is 1. The second-order valence-electron chi connectivity index (χ2n) is 4.84. The van der Waals surface area contributed by atoms with E-state index in [-0.39, 0.29) is 18.4 Å². The Morgan fingerprint density at radius 2 is 2.15 bits per heavy atom. The van der Waals surface area contributed by atoms with E-state index in [4.69, 9.17) is 0 Å². The van der Waals surface area contributed by atoms with Crippen molar-refractivity contribution in [1.29, 1.82) is 0 Å². The molecule has 1 saturated heterocycles. The summed E-state index contributed by atoms with van der Waals surface area (Å²) in [7, 11) is 0. The number of anilines is 1. The van der Waals surface area contributed by atoms with E-state index in [0.717, 1.165) is 6.42 Å². The maximum absolute atomic E-state index is 12.0. The van der Waals surface area contributed by atoms with Crippen LogP contribution in [0.2, 0.25) is 0 Å². The minimum Gasteiger partial charge on any atom is -0.480 e. The van der Waals surface area contributed by atoms with Crippen LogP contribution in [0.4, 0.5) is 5.95 Å². The first kappa shape index (κ1) is 14.4. The maximum Gasteiger partial charge on any atom is 0.324 e. The number of hydrogen-bond donors (Lipinski definition) is 2. The zero-order valence-electron chi connectivity index (χ0n) is 11.4. The SMILES string of the molecule is CCC1(C(=O)O)CCCN1CC(=O)Nc1ncccn1. The quantitative estimate of drug-likeness (QED) is 0.825. The number of aliphatic carboxylic acids is 1. The Hall–Kier alpha value is -2.02. The average Bonchev–Trinajstić information content (AvgIpc) is 2.83. The standard InChI is InChI=1S/C13H18N4O3/c1-2-13(11(19)20)5-3-8-17(13)9-10(18)16-12-14-6-4-7-15-12/h4,6-7H,2-3,5,8-9H2,1H3,(H,19,20)(H,14,15,16,18). The minimum absolute atomic E-state index is 0.0401. The Morgan fingerprint density at radius 3 is 2.75 bits per heavy atom. The lowest BCUT2D eigenvalue weighted by Gasteiger charge is -2.33. The van der Waals surface area contributed by atoms with Crippen molar-refractivity contribution in [3.63, 3.8) is 0 Å². The molecule has 0 aliphatic carbocycles. The molecule has 1 atom stereocenters. The Labute approximate surface area is 117 Å². The first-order valence-corrected chi connectivity index (χ1v) is 6.64. The molecular formula is C13H18N4O3. The number of amides is 1. The van der Waals surface area contributed by atoms with Crippen molar-refractivity contribution in [2.75, 3.05) is 18.4 Å². The van der Waals surface area contributed by atoms with E-state index in [1.54, 1.807) is 11.0 Å². The fourth-order valence-corrected chi connectivity index (χ4v) is 2.66. The lowest BCUT2D eigenvalue weighted by Crippen LogP contribution is -2.52. The van der Waals surface area contributed by atoms with Crippen LogP contribution in [0.1, 0.15) is 26.2 Å². The Bertz CT molecular complexity index is 494. The minimum atomic E-state index is -0.922. The topological polar surface area (TPSA) is 95.4 Å². The van der Waals surface area contributed by atoms with Gasteiger partial charge < -0.3 is 5.11 Å². The Kier molecular flexibility index (Phi) is 4.29. The van der Waals surface area contributed by atoms with Crippen LogP contribution in [0.15, 0.2) is 18.5 Å². The molecule has 1 aliphatic rings. The van der Waals surface area contributed by atoms with Gasteiger partial charge in [-0.25, -0.2) is 9.97 Å². The number of aromatic nitrogens is 2. The van der Waals surface area contributed by atoms with Crippen LogP contribution in [0.3, 0.4) is 0 Å². The maximum atomic E-state index is 12.0. The van der Waals surface area contributed by atoms with Gasteiger partial charge in [0, 0.05) is 12.4 Å². The zero-order chi connectivity index (χ0) is 14.6. The van der Waals surface area contributed by atoms with Gasteiger partial charge in [0.1, 0.15) is 5.54 Å². The Balaban J connectivity index is 2.02. The summed E-state index contributed by atoms with van der Waals surface area (Å²) in [5.74, 6) is -0.924. The van der Waals surface area contributed by atoms with Gasteiger partial charge in [0.25, 0.3) is 0 Å². The lowest BCUT2D eigenvalue weighted by molar-refractivity contribution is -0.150. The highest BCUT2D eigenvalue weighted by molar-refractivity contribution is 5.91. The number of carboxylic acid groups (broad SMARTS) is 1. The van der Waals surface area contributed by atoms with Crippen molar-refractivity contribution in [2.24, 2.45) is 0 Å². The molecule has 2 N–H and O–H groups in total. The highest BCUT2D eigenvalue weighted by Gasteiger charge is 2.46. The number of hydrogen-bond acceptors (Lipinski definition) is 5. The van der Waals surface area contributed by atoms with Gasteiger partial charge in [-0.3, -0.25) is 19.8 Å². The largest absolute Gasteiger partial charge is 0.480 e. The number of rotatable bonds is 5. The Morgan fingerprint density at radius 1 is 1.45 bits per heavy atom. The molecule has 0 spiro atoms. The summed E-state index contributed by atoms with van der Waals surface area (Å²) in [6.45, 7) is 2.49. The van der Waals surface area contributed by atoms with Crippen molar-refractivity contribution >= 4 is 17.8 Å². The number of nitrogens with one attached hydrogen (secondary N) is 1. The molecule has 0 bridgehead atoms. The van der Waals surface area contributed by atoms with Crippen molar-refractivity contribution in [3.8, 4) is 0 Å². The molecule has 1 unspecified atom stereocenters. The molecule has 1 aromatic heterocycles. The number of likely N-dealkylation sites (tertiary alicyclic amines) is 1. The lowest BCUT2D eigenvalue weighted by atomic mass is 9.93. The van der Waals surface area contributed by atoms with E-state index in [0.29, 0.717) is 19.4 Å². The van der Waals surface area contributed by atoms with Gasteiger partial charge in [-0.2, -0.15) is 0 Å². The van der Waals surface area contributed by atoms with Gasteiger partial charge in [0.05, 0.1) is 6.54 Å². The van der Waals surface area contributed by atoms with Crippen molar-refractivity contribution in [1.82, 2.24) is 14.9 Å². The monoisotopic (exact) mass is 278 g/mol. The first-order chi connectivity index (χ1) is 9.58. The van der Waals surface area contributed by atoms with E-state index >= 15 is 0 Å². The molecule has 20 heavy (non-hydrogen) atoms. The third kappa shape index (κ3) is 2.77. The average molecular weight is 278 g/mol. The predicted molar refractivity (Wildman–Crippen MR) is 72.1 cm³/mol.